The lowest BCUT2D eigenvalue weighted by Crippen LogP contribution is -2.23. The van der Waals surface area contributed by atoms with Crippen molar-refractivity contribution in [3.63, 3.8) is 0 Å². The van der Waals surface area contributed by atoms with Crippen LogP contribution in [0.1, 0.15) is 11.1 Å². The third-order valence-corrected chi connectivity index (χ3v) is 3.91. The molecule has 5 heteroatoms. The van der Waals surface area contributed by atoms with Crippen molar-refractivity contribution in [3.05, 3.63) is 53.1 Å². The molecule has 106 valence electrons. The number of aromatic nitrogens is 2. The summed E-state index contributed by atoms with van der Waals surface area (Å²) in [6.07, 6.45) is 1.01. The van der Waals surface area contributed by atoms with E-state index in [2.05, 4.69) is 21.4 Å². The van der Waals surface area contributed by atoms with Gasteiger partial charge in [-0.2, -0.15) is 0 Å². The lowest BCUT2D eigenvalue weighted by molar-refractivity contribution is 0.515. The average molecular weight is 285 g/mol. The Labute approximate surface area is 120 Å². The van der Waals surface area contributed by atoms with Crippen LogP contribution < -0.4 is 5.32 Å². The van der Waals surface area contributed by atoms with Crippen LogP contribution in [0.3, 0.4) is 0 Å². The minimum Gasteiger partial charge on any atom is -0.338 e. The number of fused-ring (bicyclic) bond motifs is 2. The van der Waals surface area contributed by atoms with E-state index in [4.69, 9.17) is 0 Å². The van der Waals surface area contributed by atoms with Gasteiger partial charge in [-0.25, -0.2) is 13.8 Å². The van der Waals surface area contributed by atoms with Crippen LogP contribution in [0.4, 0.5) is 8.78 Å². The van der Waals surface area contributed by atoms with Crippen molar-refractivity contribution >= 4 is 11.0 Å². The van der Waals surface area contributed by atoms with E-state index in [0.29, 0.717) is 11.3 Å². The molecule has 0 aliphatic carbocycles. The van der Waals surface area contributed by atoms with E-state index >= 15 is 0 Å². The molecular weight excluding hydrogens is 272 g/mol. The molecule has 2 heterocycles. The molecule has 2 N–H and O–H groups in total. The van der Waals surface area contributed by atoms with Gasteiger partial charge in [-0.15, -0.1) is 0 Å². The molecule has 21 heavy (non-hydrogen) atoms. The van der Waals surface area contributed by atoms with E-state index in [-0.39, 0.29) is 5.52 Å². The zero-order chi connectivity index (χ0) is 14.4. The molecule has 1 aliphatic heterocycles. The molecule has 0 radical (unpaired) electrons. The van der Waals surface area contributed by atoms with Crippen molar-refractivity contribution in [2.24, 2.45) is 0 Å². The van der Waals surface area contributed by atoms with Gasteiger partial charge in [0, 0.05) is 12.1 Å². The minimum absolute atomic E-state index is 0.0424. The molecular formula is C16H13F2N3. The molecule has 0 bridgehead atoms. The fourth-order valence-electron chi connectivity index (χ4n) is 2.78. The summed E-state index contributed by atoms with van der Waals surface area (Å²) in [5.41, 5.74) is 3.98. The molecule has 3 nitrogen and oxygen atoms in total. The number of hydrogen-bond donors (Lipinski definition) is 2. The summed E-state index contributed by atoms with van der Waals surface area (Å²) in [6.45, 7) is 1.81. The number of hydrogen-bond acceptors (Lipinski definition) is 2. The lowest BCUT2D eigenvalue weighted by Gasteiger charge is -2.17. The Morgan fingerprint density at radius 1 is 1.05 bits per heavy atom. The number of aromatic amines is 1. The Morgan fingerprint density at radius 2 is 1.95 bits per heavy atom. The van der Waals surface area contributed by atoms with Crippen LogP contribution in [-0.2, 0) is 13.0 Å². The number of rotatable bonds is 1. The van der Waals surface area contributed by atoms with Crippen LogP contribution in [0, 0.1) is 11.6 Å². The van der Waals surface area contributed by atoms with Crippen molar-refractivity contribution in [2.75, 3.05) is 6.54 Å². The largest absolute Gasteiger partial charge is 0.338 e. The molecule has 0 saturated carbocycles. The maximum Gasteiger partial charge on any atom is 0.186 e. The third kappa shape index (κ3) is 2.01. The van der Waals surface area contributed by atoms with E-state index in [9.17, 15) is 8.78 Å². The van der Waals surface area contributed by atoms with Crippen LogP contribution in [0.5, 0.6) is 0 Å². The number of imidazole rings is 1. The second kappa shape index (κ2) is 4.63. The zero-order valence-electron chi connectivity index (χ0n) is 11.2. The summed E-state index contributed by atoms with van der Waals surface area (Å²) >= 11 is 0. The molecule has 0 unspecified atom stereocenters. The number of nitrogens with zero attached hydrogens (tertiary/aromatic N) is 1. The van der Waals surface area contributed by atoms with Crippen molar-refractivity contribution in [2.45, 2.75) is 13.0 Å². The molecule has 4 rings (SSSR count). The molecule has 1 aromatic heterocycles. The second-order valence-electron chi connectivity index (χ2n) is 5.25. The van der Waals surface area contributed by atoms with Crippen LogP contribution in [-0.4, -0.2) is 16.5 Å². The standard InChI is InChI=1S/C16H13F2N3/c17-12-3-4-13-15(14(12)18)21-16(20-13)10-2-1-9-5-6-19-8-11(9)7-10/h1-4,7,19H,5-6,8H2,(H,20,21). The van der Waals surface area contributed by atoms with Crippen LogP contribution in [0.2, 0.25) is 0 Å². The molecule has 2 aromatic carbocycles. The monoisotopic (exact) mass is 285 g/mol. The number of nitrogens with one attached hydrogen (secondary N) is 2. The van der Waals surface area contributed by atoms with E-state index in [1.165, 1.54) is 17.2 Å². The quantitative estimate of drug-likeness (QED) is 0.721. The van der Waals surface area contributed by atoms with Gasteiger partial charge in [-0.1, -0.05) is 12.1 Å². The Morgan fingerprint density at radius 3 is 2.86 bits per heavy atom. The summed E-state index contributed by atoms with van der Waals surface area (Å²) < 4.78 is 27.0. The Hall–Kier alpha value is -2.27. The molecule has 3 aromatic rings. The summed E-state index contributed by atoms with van der Waals surface area (Å²) in [6, 6.07) is 8.71. The fourth-order valence-corrected chi connectivity index (χ4v) is 2.78. The maximum atomic E-state index is 13.7. The SMILES string of the molecule is Fc1ccc2[nH]c(-c3ccc4c(c3)CNCC4)nc2c1F. The maximum absolute atomic E-state index is 13.7. The van der Waals surface area contributed by atoms with Crippen molar-refractivity contribution in [1.29, 1.82) is 0 Å². The Kier molecular flexibility index (Phi) is 2.75. The van der Waals surface area contributed by atoms with Crippen LogP contribution in [0.25, 0.3) is 22.4 Å². The highest BCUT2D eigenvalue weighted by Crippen LogP contribution is 2.26. The number of benzene rings is 2. The van der Waals surface area contributed by atoms with E-state index in [1.807, 2.05) is 12.1 Å². The van der Waals surface area contributed by atoms with Crippen LogP contribution >= 0.6 is 0 Å². The summed E-state index contributed by atoms with van der Waals surface area (Å²) in [4.78, 5) is 7.25. The highest BCUT2D eigenvalue weighted by atomic mass is 19.2. The molecule has 0 fully saturated rings. The van der Waals surface area contributed by atoms with Crippen molar-refractivity contribution in [1.82, 2.24) is 15.3 Å². The minimum atomic E-state index is -0.908. The first kappa shape index (κ1) is 12.5. The van der Waals surface area contributed by atoms with E-state index < -0.39 is 11.6 Å². The van der Waals surface area contributed by atoms with Gasteiger partial charge < -0.3 is 10.3 Å². The first-order valence-corrected chi connectivity index (χ1v) is 6.89. The summed E-state index contributed by atoms with van der Waals surface area (Å²) in [5.74, 6) is -1.23. The van der Waals surface area contributed by atoms with E-state index in [1.54, 1.807) is 0 Å². The highest BCUT2D eigenvalue weighted by Gasteiger charge is 2.14. The van der Waals surface area contributed by atoms with Gasteiger partial charge in [-0.05, 0) is 42.3 Å². The summed E-state index contributed by atoms with van der Waals surface area (Å²) in [5, 5.41) is 3.32. The smallest absolute Gasteiger partial charge is 0.186 e. The predicted molar refractivity (Wildman–Crippen MR) is 76.9 cm³/mol. The predicted octanol–water partition coefficient (Wildman–Crippen LogP) is 3.15. The first-order chi connectivity index (χ1) is 10.2. The molecule has 1 aliphatic rings. The Balaban J connectivity index is 1.84. The Bertz CT molecular complexity index is 839. The number of halogens is 2. The van der Waals surface area contributed by atoms with Gasteiger partial charge in [0.15, 0.2) is 11.6 Å². The first-order valence-electron chi connectivity index (χ1n) is 6.89. The highest BCUT2D eigenvalue weighted by molar-refractivity contribution is 5.80. The third-order valence-electron chi connectivity index (χ3n) is 3.91. The molecule has 0 amide bonds. The second-order valence-corrected chi connectivity index (χ2v) is 5.25. The van der Waals surface area contributed by atoms with E-state index in [0.717, 1.165) is 31.1 Å². The fraction of sp³-hybridized carbons (Fsp3) is 0.188. The van der Waals surface area contributed by atoms with Crippen molar-refractivity contribution in [3.8, 4) is 11.4 Å². The summed E-state index contributed by atoms with van der Waals surface area (Å²) in [7, 11) is 0. The van der Waals surface area contributed by atoms with Gasteiger partial charge in [0.25, 0.3) is 0 Å². The number of H-pyrrole nitrogens is 1. The molecule has 0 saturated heterocycles. The van der Waals surface area contributed by atoms with Gasteiger partial charge in [0.1, 0.15) is 11.3 Å². The van der Waals surface area contributed by atoms with Gasteiger partial charge >= 0.3 is 0 Å². The average Bonchev–Trinajstić information content (AvgIpc) is 2.95. The van der Waals surface area contributed by atoms with Gasteiger partial charge in [0.2, 0.25) is 0 Å². The van der Waals surface area contributed by atoms with Crippen LogP contribution in [0.15, 0.2) is 30.3 Å². The topological polar surface area (TPSA) is 40.7 Å². The zero-order valence-corrected chi connectivity index (χ0v) is 11.2. The normalized spacial score (nSPS) is 14.4. The molecule has 0 atom stereocenters. The lowest BCUT2D eigenvalue weighted by atomic mass is 9.98. The van der Waals surface area contributed by atoms with Gasteiger partial charge in [0.05, 0.1) is 5.52 Å². The molecule has 0 spiro atoms. The van der Waals surface area contributed by atoms with Gasteiger partial charge in [-0.3, -0.25) is 0 Å². The van der Waals surface area contributed by atoms with Crippen molar-refractivity contribution < 1.29 is 8.78 Å².